The molecule has 0 aliphatic carbocycles. The van der Waals surface area contributed by atoms with Gasteiger partial charge in [0, 0.05) is 12.8 Å². The molecule has 0 N–H and O–H groups in total. The van der Waals surface area contributed by atoms with Crippen LogP contribution in [0.15, 0.2) is 0 Å². The SMILES string of the molecule is CC.CC1(C)CC[N+](C)(C)CC1. The molecule has 0 spiro atoms. The van der Waals surface area contributed by atoms with Crippen molar-refractivity contribution in [2.24, 2.45) is 5.41 Å². The van der Waals surface area contributed by atoms with E-state index >= 15 is 0 Å². The molecule has 0 aromatic rings. The minimum atomic E-state index is 0.619. The van der Waals surface area contributed by atoms with Gasteiger partial charge in [0.15, 0.2) is 0 Å². The molecule has 1 heteroatoms. The molecule has 0 radical (unpaired) electrons. The highest BCUT2D eigenvalue weighted by Crippen LogP contribution is 2.31. The number of quaternary nitrogens is 1. The van der Waals surface area contributed by atoms with E-state index in [0.29, 0.717) is 5.41 Å². The number of likely N-dealkylation sites (tertiary alicyclic amines) is 1. The van der Waals surface area contributed by atoms with E-state index in [1.54, 1.807) is 0 Å². The highest BCUT2D eigenvalue weighted by atomic mass is 15.3. The lowest BCUT2D eigenvalue weighted by Gasteiger charge is -2.40. The van der Waals surface area contributed by atoms with Gasteiger partial charge < -0.3 is 4.48 Å². The molecular weight excluding hydrogens is 146 g/mol. The fourth-order valence-corrected chi connectivity index (χ4v) is 1.45. The number of hydrogen-bond acceptors (Lipinski definition) is 0. The third-order valence-corrected chi connectivity index (χ3v) is 2.79. The van der Waals surface area contributed by atoms with Crippen LogP contribution in [0, 0.1) is 5.41 Å². The molecule has 1 fully saturated rings. The summed E-state index contributed by atoms with van der Waals surface area (Å²) in [5.74, 6) is 0. The Labute approximate surface area is 78.4 Å². The van der Waals surface area contributed by atoms with Gasteiger partial charge in [0.05, 0.1) is 27.2 Å². The summed E-state index contributed by atoms with van der Waals surface area (Å²) in [6.45, 7) is 11.5. The average Bonchev–Trinajstić information content (AvgIpc) is 2.01. The van der Waals surface area contributed by atoms with Crippen LogP contribution in [-0.2, 0) is 0 Å². The summed E-state index contributed by atoms with van der Waals surface area (Å²) in [5.41, 5.74) is 0.619. The molecule has 1 aliphatic heterocycles. The molecule has 1 rings (SSSR count). The van der Waals surface area contributed by atoms with Crippen molar-refractivity contribution >= 4 is 0 Å². The van der Waals surface area contributed by atoms with Gasteiger partial charge in [-0.25, -0.2) is 0 Å². The van der Waals surface area contributed by atoms with Gasteiger partial charge in [-0.2, -0.15) is 0 Å². The summed E-state index contributed by atoms with van der Waals surface area (Å²) in [7, 11) is 4.66. The van der Waals surface area contributed by atoms with Crippen molar-refractivity contribution in [3.8, 4) is 0 Å². The second-order valence-corrected chi connectivity index (χ2v) is 5.05. The van der Waals surface area contributed by atoms with Crippen LogP contribution in [0.25, 0.3) is 0 Å². The maximum absolute atomic E-state index is 2.38. The lowest BCUT2D eigenvalue weighted by atomic mass is 9.82. The van der Waals surface area contributed by atoms with Gasteiger partial charge in [-0.05, 0) is 5.41 Å². The van der Waals surface area contributed by atoms with E-state index < -0.39 is 0 Å². The standard InChI is InChI=1S/C9H20N.C2H6/c1-9(2)5-7-10(3,4)8-6-9;1-2/h5-8H2,1-4H3;1-2H3/q+1;. The number of rotatable bonds is 0. The molecule has 1 heterocycles. The molecule has 74 valence electrons. The molecular formula is C11H26N+. The normalized spacial score (nSPS) is 25.5. The summed E-state index contributed by atoms with van der Waals surface area (Å²) < 4.78 is 1.23. The van der Waals surface area contributed by atoms with Crippen LogP contribution in [-0.4, -0.2) is 31.7 Å². The van der Waals surface area contributed by atoms with E-state index in [0.717, 1.165) is 0 Å². The van der Waals surface area contributed by atoms with Crippen LogP contribution >= 0.6 is 0 Å². The van der Waals surface area contributed by atoms with E-state index in [1.165, 1.54) is 30.4 Å². The topological polar surface area (TPSA) is 0 Å². The van der Waals surface area contributed by atoms with Crippen molar-refractivity contribution in [1.29, 1.82) is 0 Å². The molecule has 1 aliphatic rings. The van der Waals surface area contributed by atoms with Crippen LogP contribution in [0.3, 0.4) is 0 Å². The van der Waals surface area contributed by atoms with Crippen molar-refractivity contribution in [3.63, 3.8) is 0 Å². The van der Waals surface area contributed by atoms with E-state index in [1.807, 2.05) is 13.8 Å². The van der Waals surface area contributed by atoms with Crippen LogP contribution < -0.4 is 0 Å². The summed E-state index contributed by atoms with van der Waals surface area (Å²) >= 11 is 0. The van der Waals surface area contributed by atoms with Gasteiger partial charge >= 0.3 is 0 Å². The first kappa shape index (κ1) is 12.0. The first-order valence-corrected chi connectivity index (χ1v) is 5.23. The van der Waals surface area contributed by atoms with E-state index in [9.17, 15) is 0 Å². The van der Waals surface area contributed by atoms with Gasteiger partial charge in [0.2, 0.25) is 0 Å². The Balaban J connectivity index is 0.000000561. The van der Waals surface area contributed by atoms with Crippen LogP contribution in [0.2, 0.25) is 0 Å². The minimum absolute atomic E-state index is 0.619. The van der Waals surface area contributed by atoms with Crippen molar-refractivity contribution in [1.82, 2.24) is 0 Å². The first-order chi connectivity index (χ1) is 5.41. The first-order valence-electron chi connectivity index (χ1n) is 5.23. The molecule has 1 saturated heterocycles. The van der Waals surface area contributed by atoms with Crippen molar-refractivity contribution in [2.45, 2.75) is 40.5 Å². The lowest BCUT2D eigenvalue weighted by molar-refractivity contribution is -0.897. The number of hydrogen-bond donors (Lipinski definition) is 0. The van der Waals surface area contributed by atoms with Gasteiger partial charge in [0.1, 0.15) is 0 Å². The Morgan fingerprint density at radius 2 is 1.25 bits per heavy atom. The predicted molar refractivity (Wildman–Crippen MR) is 56.2 cm³/mol. The predicted octanol–water partition coefficient (Wildman–Crippen LogP) is 2.91. The van der Waals surface area contributed by atoms with Gasteiger partial charge in [-0.3, -0.25) is 0 Å². The molecule has 0 amide bonds. The Hall–Kier alpha value is -0.0400. The zero-order valence-corrected chi connectivity index (χ0v) is 9.78. The molecule has 0 saturated carbocycles. The smallest absolute Gasteiger partial charge is 0.0787 e. The summed E-state index contributed by atoms with van der Waals surface area (Å²) in [4.78, 5) is 0. The van der Waals surface area contributed by atoms with Crippen molar-refractivity contribution in [3.05, 3.63) is 0 Å². The number of piperidine rings is 1. The summed E-state index contributed by atoms with van der Waals surface area (Å²) in [6, 6.07) is 0. The number of nitrogens with zero attached hydrogens (tertiary/aromatic N) is 1. The van der Waals surface area contributed by atoms with Gasteiger partial charge in [0.25, 0.3) is 0 Å². The quantitative estimate of drug-likeness (QED) is 0.493. The van der Waals surface area contributed by atoms with E-state index in [2.05, 4.69) is 27.9 Å². The molecule has 0 aromatic heterocycles. The minimum Gasteiger partial charge on any atom is -0.328 e. The third kappa shape index (κ3) is 4.10. The molecule has 0 bridgehead atoms. The van der Waals surface area contributed by atoms with E-state index in [4.69, 9.17) is 0 Å². The molecule has 1 nitrogen and oxygen atoms in total. The Kier molecular flexibility index (Phi) is 4.25. The monoisotopic (exact) mass is 172 g/mol. The van der Waals surface area contributed by atoms with Crippen molar-refractivity contribution < 1.29 is 4.48 Å². The van der Waals surface area contributed by atoms with Gasteiger partial charge in [-0.1, -0.05) is 27.7 Å². The van der Waals surface area contributed by atoms with Crippen LogP contribution in [0.5, 0.6) is 0 Å². The third-order valence-electron chi connectivity index (χ3n) is 2.79. The zero-order valence-electron chi connectivity index (χ0n) is 9.78. The molecule has 0 aromatic carbocycles. The van der Waals surface area contributed by atoms with Crippen LogP contribution in [0.4, 0.5) is 0 Å². The lowest BCUT2D eigenvalue weighted by Crippen LogP contribution is -2.48. The van der Waals surface area contributed by atoms with E-state index in [-0.39, 0.29) is 0 Å². The fourth-order valence-electron chi connectivity index (χ4n) is 1.45. The Morgan fingerprint density at radius 3 is 1.50 bits per heavy atom. The second kappa shape index (κ2) is 4.27. The highest BCUT2D eigenvalue weighted by molar-refractivity contribution is 4.71. The summed E-state index contributed by atoms with van der Waals surface area (Å²) in [5, 5.41) is 0. The van der Waals surface area contributed by atoms with Crippen LogP contribution in [0.1, 0.15) is 40.5 Å². The maximum atomic E-state index is 2.38. The largest absolute Gasteiger partial charge is 0.328 e. The average molecular weight is 172 g/mol. The van der Waals surface area contributed by atoms with Gasteiger partial charge in [-0.15, -0.1) is 0 Å². The van der Waals surface area contributed by atoms with Crippen molar-refractivity contribution in [2.75, 3.05) is 27.2 Å². The molecule has 0 atom stereocenters. The highest BCUT2D eigenvalue weighted by Gasteiger charge is 2.30. The zero-order chi connectivity index (χ0) is 9.83. The molecule has 0 unspecified atom stereocenters. The Morgan fingerprint density at radius 1 is 0.917 bits per heavy atom. The fraction of sp³-hybridized carbons (Fsp3) is 1.00. The second-order valence-electron chi connectivity index (χ2n) is 5.05. The summed E-state index contributed by atoms with van der Waals surface area (Å²) in [6.07, 6.45) is 2.78. The Bertz CT molecular complexity index is 97.0. The molecule has 12 heavy (non-hydrogen) atoms. The maximum Gasteiger partial charge on any atom is 0.0787 e.